The van der Waals surface area contributed by atoms with Crippen LogP contribution in [0.4, 0.5) is 0 Å². The van der Waals surface area contributed by atoms with Gasteiger partial charge in [0.15, 0.2) is 5.82 Å². The van der Waals surface area contributed by atoms with Crippen molar-refractivity contribution < 1.29 is 14.3 Å². The Morgan fingerprint density at radius 3 is 2.66 bits per heavy atom. The minimum Gasteiger partial charge on any atom is -0.496 e. The second-order valence-corrected chi connectivity index (χ2v) is 8.98. The van der Waals surface area contributed by atoms with Crippen LogP contribution in [0.3, 0.4) is 0 Å². The molecule has 8 nitrogen and oxygen atoms in total. The first-order valence-electron chi connectivity index (χ1n) is 10.2. The normalized spacial score (nSPS) is 21.7. The van der Waals surface area contributed by atoms with Crippen molar-refractivity contribution in [3.63, 3.8) is 0 Å². The van der Waals surface area contributed by atoms with Crippen LogP contribution in [-0.2, 0) is 21.6 Å². The molecule has 1 atom stereocenters. The molecule has 1 unspecified atom stereocenters. The van der Waals surface area contributed by atoms with E-state index in [-0.39, 0.29) is 17.5 Å². The fraction of sp³-hybridized carbons (Fsp3) is 0.619. The van der Waals surface area contributed by atoms with E-state index in [1.807, 2.05) is 33.8 Å². The highest BCUT2D eigenvalue weighted by molar-refractivity contribution is 5.85. The molecule has 0 aliphatic carbocycles. The Kier molecular flexibility index (Phi) is 5.06. The standard InChI is InChI=1S/C21H29N5O3/c1-20(2,3)26-18(22-23-24-26)16-13-21(9-11-29-12-10-21)19(27)25(16)14-15-7-5-6-8-17(15)28-4/h5-8,16H,9-14H2,1-4H3. The minimum absolute atomic E-state index is 0.167. The van der Waals surface area contributed by atoms with Gasteiger partial charge in [-0.15, -0.1) is 5.10 Å². The zero-order valence-corrected chi connectivity index (χ0v) is 17.6. The van der Waals surface area contributed by atoms with E-state index in [9.17, 15) is 4.79 Å². The van der Waals surface area contributed by atoms with Crippen molar-refractivity contribution in [1.29, 1.82) is 0 Å². The maximum Gasteiger partial charge on any atom is 0.229 e. The lowest BCUT2D eigenvalue weighted by atomic mass is 9.77. The highest BCUT2D eigenvalue weighted by Gasteiger charge is 2.54. The molecule has 2 aliphatic heterocycles. The van der Waals surface area contributed by atoms with Gasteiger partial charge in [0.25, 0.3) is 0 Å². The number of hydrogen-bond acceptors (Lipinski definition) is 6. The van der Waals surface area contributed by atoms with E-state index < -0.39 is 5.41 Å². The fourth-order valence-electron chi connectivity index (χ4n) is 4.50. The predicted octanol–water partition coefficient (Wildman–Crippen LogP) is 2.71. The number of amides is 1. The lowest BCUT2D eigenvalue weighted by Gasteiger charge is -2.31. The molecule has 156 valence electrons. The molecular weight excluding hydrogens is 370 g/mol. The van der Waals surface area contributed by atoms with Gasteiger partial charge in [-0.25, -0.2) is 4.68 Å². The van der Waals surface area contributed by atoms with Crippen LogP contribution in [0.2, 0.25) is 0 Å². The summed E-state index contributed by atoms with van der Waals surface area (Å²) in [6.07, 6.45) is 2.18. The van der Waals surface area contributed by atoms with Crippen LogP contribution in [-0.4, -0.2) is 51.3 Å². The molecule has 1 amide bonds. The van der Waals surface area contributed by atoms with Gasteiger partial charge in [0.2, 0.25) is 5.91 Å². The molecule has 2 fully saturated rings. The molecule has 8 heteroatoms. The van der Waals surface area contributed by atoms with Crippen molar-refractivity contribution in [2.45, 2.75) is 58.2 Å². The molecule has 2 aliphatic rings. The third-order valence-electron chi connectivity index (χ3n) is 6.09. The Labute approximate surface area is 171 Å². The summed E-state index contributed by atoms with van der Waals surface area (Å²) in [5, 5.41) is 12.5. The molecule has 4 rings (SSSR count). The molecular formula is C21H29N5O3. The van der Waals surface area contributed by atoms with Gasteiger partial charge in [0, 0.05) is 18.8 Å². The van der Waals surface area contributed by atoms with Gasteiger partial charge in [0.1, 0.15) is 5.75 Å². The number of hydrogen-bond donors (Lipinski definition) is 0. The van der Waals surface area contributed by atoms with Gasteiger partial charge in [-0.1, -0.05) is 18.2 Å². The Bertz CT molecular complexity index is 882. The predicted molar refractivity (Wildman–Crippen MR) is 106 cm³/mol. The molecule has 0 saturated carbocycles. The molecule has 29 heavy (non-hydrogen) atoms. The number of methoxy groups -OCH3 is 1. The van der Waals surface area contributed by atoms with Crippen molar-refractivity contribution in [1.82, 2.24) is 25.1 Å². The minimum atomic E-state index is -0.403. The van der Waals surface area contributed by atoms with Crippen LogP contribution >= 0.6 is 0 Å². The maximum atomic E-state index is 13.7. The van der Waals surface area contributed by atoms with Crippen LogP contribution in [0, 0.1) is 5.41 Å². The second-order valence-electron chi connectivity index (χ2n) is 8.98. The zero-order chi connectivity index (χ0) is 20.6. The number of likely N-dealkylation sites (tertiary alicyclic amines) is 1. The van der Waals surface area contributed by atoms with Crippen molar-refractivity contribution in [2.75, 3.05) is 20.3 Å². The third kappa shape index (κ3) is 3.50. The van der Waals surface area contributed by atoms with Gasteiger partial charge in [-0.2, -0.15) is 0 Å². The molecule has 2 saturated heterocycles. The second kappa shape index (κ2) is 7.40. The number of nitrogens with zero attached hydrogens (tertiary/aromatic N) is 5. The molecule has 0 radical (unpaired) electrons. The van der Waals surface area contributed by atoms with Gasteiger partial charge in [-0.3, -0.25) is 4.79 Å². The summed E-state index contributed by atoms with van der Waals surface area (Å²) in [5.74, 6) is 1.69. The van der Waals surface area contributed by atoms with Crippen molar-refractivity contribution in [3.05, 3.63) is 35.7 Å². The number of carbonyl (C=O) groups is 1. The van der Waals surface area contributed by atoms with Crippen LogP contribution in [0.5, 0.6) is 5.75 Å². The first kappa shape index (κ1) is 19.8. The fourth-order valence-corrected chi connectivity index (χ4v) is 4.50. The highest BCUT2D eigenvalue weighted by atomic mass is 16.5. The summed E-state index contributed by atoms with van der Waals surface area (Å²) < 4.78 is 12.9. The van der Waals surface area contributed by atoms with Gasteiger partial charge < -0.3 is 14.4 Å². The lowest BCUT2D eigenvalue weighted by molar-refractivity contribution is -0.141. The Morgan fingerprint density at radius 1 is 1.24 bits per heavy atom. The molecule has 0 N–H and O–H groups in total. The maximum absolute atomic E-state index is 13.7. The van der Waals surface area contributed by atoms with E-state index in [1.165, 1.54) is 0 Å². The van der Waals surface area contributed by atoms with Crippen molar-refractivity contribution >= 4 is 5.91 Å². The lowest BCUT2D eigenvalue weighted by Crippen LogP contribution is -2.39. The van der Waals surface area contributed by atoms with Crippen molar-refractivity contribution in [3.8, 4) is 5.75 Å². The van der Waals surface area contributed by atoms with E-state index in [0.29, 0.717) is 26.2 Å². The first-order chi connectivity index (χ1) is 13.9. The van der Waals surface area contributed by atoms with Crippen LogP contribution in [0.25, 0.3) is 0 Å². The van der Waals surface area contributed by atoms with E-state index in [2.05, 4.69) is 36.3 Å². The highest BCUT2D eigenvalue weighted by Crippen LogP contribution is 2.50. The average Bonchev–Trinajstić information content (AvgIpc) is 3.29. The smallest absolute Gasteiger partial charge is 0.229 e. The Hall–Kier alpha value is -2.48. The van der Waals surface area contributed by atoms with Crippen LogP contribution in [0.15, 0.2) is 24.3 Å². The molecule has 0 bridgehead atoms. The number of aromatic nitrogens is 4. The summed E-state index contributed by atoms with van der Waals surface area (Å²) >= 11 is 0. The molecule has 1 aromatic carbocycles. The Morgan fingerprint density at radius 2 is 1.97 bits per heavy atom. The molecule has 1 spiro atoms. The Balaban J connectivity index is 1.75. The number of ether oxygens (including phenoxy) is 2. The molecule has 1 aromatic heterocycles. The number of para-hydroxylation sites is 1. The number of tetrazole rings is 1. The van der Waals surface area contributed by atoms with Gasteiger partial charge in [0.05, 0.1) is 30.7 Å². The van der Waals surface area contributed by atoms with Crippen molar-refractivity contribution in [2.24, 2.45) is 5.41 Å². The van der Waals surface area contributed by atoms with Gasteiger partial charge in [-0.05, 0) is 56.5 Å². The van der Waals surface area contributed by atoms with E-state index in [4.69, 9.17) is 9.47 Å². The monoisotopic (exact) mass is 399 g/mol. The van der Waals surface area contributed by atoms with Crippen LogP contribution in [0.1, 0.15) is 57.5 Å². The SMILES string of the molecule is COc1ccccc1CN1C(=O)C2(CCOCC2)CC1c1nnnn1C(C)(C)C. The topological polar surface area (TPSA) is 82.4 Å². The third-order valence-corrected chi connectivity index (χ3v) is 6.09. The summed E-state index contributed by atoms with van der Waals surface area (Å²) in [6, 6.07) is 7.65. The largest absolute Gasteiger partial charge is 0.496 e. The molecule has 3 heterocycles. The summed E-state index contributed by atoms with van der Waals surface area (Å²) in [4.78, 5) is 15.6. The summed E-state index contributed by atoms with van der Waals surface area (Å²) in [6.45, 7) is 7.90. The molecule has 2 aromatic rings. The van der Waals surface area contributed by atoms with Gasteiger partial charge >= 0.3 is 0 Å². The zero-order valence-electron chi connectivity index (χ0n) is 17.6. The summed E-state index contributed by atoms with van der Waals surface area (Å²) in [5.41, 5.74) is 0.301. The quantitative estimate of drug-likeness (QED) is 0.786. The average molecular weight is 399 g/mol. The first-order valence-corrected chi connectivity index (χ1v) is 10.2. The number of rotatable bonds is 4. The van der Waals surface area contributed by atoms with Crippen LogP contribution < -0.4 is 4.74 Å². The number of carbonyl (C=O) groups excluding carboxylic acids is 1. The van der Waals surface area contributed by atoms with E-state index >= 15 is 0 Å². The van der Waals surface area contributed by atoms with E-state index in [0.717, 1.165) is 30.0 Å². The number of benzene rings is 1. The van der Waals surface area contributed by atoms with E-state index in [1.54, 1.807) is 7.11 Å². The summed E-state index contributed by atoms with van der Waals surface area (Å²) in [7, 11) is 1.65.